The van der Waals surface area contributed by atoms with E-state index in [1.165, 1.54) is 11.1 Å². The molecule has 3 atom stereocenters. The predicted molar refractivity (Wildman–Crippen MR) is 63.6 cm³/mol. The highest BCUT2D eigenvalue weighted by Gasteiger charge is 2.55. The molecule has 1 aromatic rings. The Hall–Kier alpha value is -1.04. The Bertz CT molecular complexity index is 491. The highest BCUT2D eigenvalue weighted by atomic mass is 35.5. The van der Waals surface area contributed by atoms with E-state index >= 15 is 0 Å². The Morgan fingerprint density at radius 1 is 1.56 bits per heavy atom. The van der Waals surface area contributed by atoms with Gasteiger partial charge >= 0.3 is 0 Å². The first-order valence-corrected chi connectivity index (χ1v) is 6.03. The molecule has 1 aromatic carbocycles. The minimum atomic E-state index is -0.423. The normalized spacial score (nSPS) is 35.6. The fraction of sp³-hybridized carbons (Fsp3) is 0.462. The summed E-state index contributed by atoms with van der Waals surface area (Å²) in [4.78, 5) is 0. The largest absolute Gasteiger partial charge is 0.298 e. The molecule has 0 aromatic heterocycles. The molecule has 3 heteroatoms. The van der Waals surface area contributed by atoms with Gasteiger partial charge in [-0.2, -0.15) is 5.26 Å². The molecule has 1 saturated heterocycles. The zero-order valence-electron chi connectivity index (χ0n) is 9.13. The number of rotatable bonds is 0. The average molecular weight is 233 g/mol. The highest BCUT2D eigenvalue weighted by Crippen LogP contribution is 2.54. The van der Waals surface area contributed by atoms with Gasteiger partial charge in [-0.1, -0.05) is 30.7 Å². The Morgan fingerprint density at radius 2 is 2.38 bits per heavy atom. The zero-order valence-corrected chi connectivity index (χ0v) is 9.88. The second-order valence-electron chi connectivity index (χ2n) is 4.71. The predicted octanol–water partition coefficient (Wildman–Crippen LogP) is 2.80. The monoisotopic (exact) mass is 232 g/mol. The van der Waals surface area contributed by atoms with Gasteiger partial charge in [0.2, 0.25) is 0 Å². The van der Waals surface area contributed by atoms with Crippen molar-refractivity contribution in [2.24, 2.45) is 0 Å². The Morgan fingerprint density at radius 3 is 3.12 bits per heavy atom. The summed E-state index contributed by atoms with van der Waals surface area (Å²) in [6.45, 7) is 3.03. The lowest BCUT2D eigenvalue weighted by Crippen LogP contribution is -2.43. The lowest BCUT2D eigenvalue weighted by Gasteiger charge is -2.26. The van der Waals surface area contributed by atoms with Crippen molar-refractivity contribution in [3.8, 4) is 6.07 Å². The molecule has 2 aliphatic rings. The van der Waals surface area contributed by atoms with Gasteiger partial charge < -0.3 is 0 Å². The maximum Gasteiger partial charge on any atom is 0.120 e. The molecule has 0 amide bonds. The summed E-state index contributed by atoms with van der Waals surface area (Å²) in [6.07, 6.45) is 1.01. The molecular weight excluding hydrogens is 220 g/mol. The van der Waals surface area contributed by atoms with Crippen LogP contribution in [0.3, 0.4) is 0 Å². The van der Waals surface area contributed by atoms with E-state index in [0.717, 1.165) is 18.0 Å². The van der Waals surface area contributed by atoms with Crippen LogP contribution in [0.1, 0.15) is 36.3 Å². The lowest BCUT2D eigenvalue weighted by atomic mass is 9.82. The summed E-state index contributed by atoms with van der Waals surface area (Å²) in [7, 11) is 0. The summed E-state index contributed by atoms with van der Waals surface area (Å²) in [5.74, 6) is 0.481. The van der Waals surface area contributed by atoms with Crippen LogP contribution in [0, 0.1) is 11.3 Å². The maximum atomic E-state index is 9.50. The number of fused-ring (bicyclic) bond motifs is 3. The molecule has 1 heterocycles. The molecule has 16 heavy (non-hydrogen) atoms. The van der Waals surface area contributed by atoms with Crippen LogP contribution in [-0.2, 0) is 0 Å². The van der Waals surface area contributed by atoms with E-state index in [4.69, 9.17) is 11.6 Å². The molecule has 1 fully saturated rings. The fourth-order valence-electron chi connectivity index (χ4n) is 3.36. The van der Waals surface area contributed by atoms with Crippen molar-refractivity contribution >= 4 is 11.6 Å². The van der Waals surface area contributed by atoms with Crippen molar-refractivity contribution in [1.82, 2.24) is 5.32 Å². The molecule has 1 aliphatic carbocycles. The number of hydrogen-bond acceptors (Lipinski definition) is 2. The van der Waals surface area contributed by atoms with Gasteiger partial charge in [0.1, 0.15) is 5.54 Å². The topological polar surface area (TPSA) is 35.8 Å². The van der Waals surface area contributed by atoms with Gasteiger partial charge in [-0.25, -0.2) is 0 Å². The van der Waals surface area contributed by atoms with Crippen molar-refractivity contribution in [2.45, 2.75) is 30.7 Å². The molecule has 1 N–H and O–H groups in total. The summed E-state index contributed by atoms with van der Waals surface area (Å²) in [5.41, 5.74) is 2.02. The van der Waals surface area contributed by atoms with E-state index in [1.54, 1.807) is 0 Å². The van der Waals surface area contributed by atoms with Crippen LogP contribution < -0.4 is 5.32 Å². The van der Waals surface area contributed by atoms with E-state index in [9.17, 15) is 5.26 Å². The second kappa shape index (κ2) is 3.23. The summed E-state index contributed by atoms with van der Waals surface area (Å²) in [6, 6.07) is 8.50. The van der Waals surface area contributed by atoms with Gasteiger partial charge in [0.15, 0.2) is 0 Å². The SMILES string of the molecule is C[C@H]1c2cccc(Cl)c2[C@H]2CCN[C@]21C#N. The third kappa shape index (κ3) is 1.00. The van der Waals surface area contributed by atoms with Crippen LogP contribution in [-0.4, -0.2) is 12.1 Å². The average Bonchev–Trinajstić information content (AvgIpc) is 2.80. The molecule has 2 nitrogen and oxygen atoms in total. The van der Waals surface area contributed by atoms with Crippen molar-refractivity contribution in [3.05, 3.63) is 34.3 Å². The molecule has 0 unspecified atom stereocenters. The van der Waals surface area contributed by atoms with Crippen molar-refractivity contribution in [3.63, 3.8) is 0 Å². The van der Waals surface area contributed by atoms with Crippen LogP contribution >= 0.6 is 11.6 Å². The smallest absolute Gasteiger partial charge is 0.120 e. The van der Waals surface area contributed by atoms with Crippen LogP contribution in [0.2, 0.25) is 5.02 Å². The van der Waals surface area contributed by atoms with Crippen LogP contribution in [0.4, 0.5) is 0 Å². The van der Waals surface area contributed by atoms with Gasteiger partial charge in [-0.05, 0) is 30.2 Å². The third-order valence-corrected chi connectivity index (χ3v) is 4.50. The van der Waals surface area contributed by atoms with Crippen LogP contribution in [0.25, 0.3) is 0 Å². The lowest BCUT2D eigenvalue weighted by molar-refractivity contribution is 0.407. The molecule has 82 valence electrons. The highest BCUT2D eigenvalue weighted by molar-refractivity contribution is 6.31. The van der Waals surface area contributed by atoms with E-state index in [-0.39, 0.29) is 11.8 Å². The van der Waals surface area contributed by atoms with E-state index in [2.05, 4.69) is 24.4 Å². The molecular formula is C13H13ClN2. The number of halogens is 1. The minimum absolute atomic E-state index is 0.221. The molecule has 0 saturated carbocycles. The minimum Gasteiger partial charge on any atom is -0.298 e. The first kappa shape index (κ1) is 10.1. The summed E-state index contributed by atoms with van der Waals surface area (Å²) in [5, 5.41) is 13.7. The number of nitrogens with one attached hydrogen (secondary N) is 1. The van der Waals surface area contributed by atoms with Gasteiger partial charge in [-0.15, -0.1) is 0 Å². The van der Waals surface area contributed by atoms with E-state index < -0.39 is 5.54 Å². The van der Waals surface area contributed by atoms with Gasteiger partial charge in [0.05, 0.1) is 6.07 Å². The van der Waals surface area contributed by atoms with Gasteiger partial charge in [0.25, 0.3) is 0 Å². The van der Waals surface area contributed by atoms with Crippen molar-refractivity contribution < 1.29 is 0 Å². The number of nitriles is 1. The number of hydrogen-bond donors (Lipinski definition) is 1. The number of nitrogens with zero attached hydrogens (tertiary/aromatic N) is 1. The second-order valence-corrected chi connectivity index (χ2v) is 5.12. The fourth-order valence-corrected chi connectivity index (χ4v) is 3.67. The van der Waals surface area contributed by atoms with Gasteiger partial charge in [0, 0.05) is 16.9 Å². The van der Waals surface area contributed by atoms with Crippen molar-refractivity contribution in [1.29, 1.82) is 5.26 Å². The standard InChI is InChI=1S/C13H13ClN2/c1-8-9-3-2-4-11(14)12(9)10-5-6-16-13(8,10)7-15/h2-4,8,10,16H,5-6H2,1H3/t8-,10+,13-/m0/s1. The van der Waals surface area contributed by atoms with Crippen LogP contribution in [0.5, 0.6) is 0 Å². The quantitative estimate of drug-likeness (QED) is 0.747. The summed E-state index contributed by atoms with van der Waals surface area (Å²) >= 11 is 6.28. The molecule has 1 aliphatic heterocycles. The Balaban J connectivity index is 2.26. The Labute approximate surface area is 100 Å². The van der Waals surface area contributed by atoms with E-state index in [1.807, 2.05) is 12.1 Å². The van der Waals surface area contributed by atoms with Crippen LogP contribution in [0.15, 0.2) is 18.2 Å². The molecule has 0 bridgehead atoms. The zero-order chi connectivity index (χ0) is 11.3. The Kier molecular flexibility index (Phi) is 2.04. The van der Waals surface area contributed by atoms with E-state index in [0.29, 0.717) is 0 Å². The first-order chi connectivity index (χ1) is 7.70. The molecule has 0 radical (unpaired) electrons. The molecule has 0 spiro atoms. The summed E-state index contributed by atoms with van der Waals surface area (Å²) < 4.78 is 0. The van der Waals surface area contributed by atoms with Crippen molar-refractivity contribution in [2.75, 3.05) is 6.54 Å². The first-order valence-electron chi connectivity index (χ1n) is 5.65. The molecule has 3 rings (SSSR count). The number of benzene rings is 1. The van der Waals surface area contributed by atoms with Gasteiger partial charge in [-0.3, -0.25) is 5.32 Å². The third-order valence-electron chi connectivity index (χ3n) is 4.17. The maximum absolute atomic E-state index is 9.50.